The second-order valence-electron chi connectivity index (χ2n) is 8.15. The SMILES string of the molecule is CCCCCCCCc1ccc(CCCCCCCC)c(C(=O)OC)c1C(=O)OC. The third-order valence-corrected chi connectivity index (χ3v) is 5.76. The summed E-state index contributed by atoms with van der Waals surface area (Å²) in [5.41, 5.74) is 2.59. The van der Waals surface area contributed by atoms with E-state index in [4.69, 9.17) is 9.47 Å². The summed E-state index contributed by atoms with van der Waals surface area (Å²) in [5, 5.41) is 0. The smallest absolute Gasteiger partial charge is 0.339 e. The first-order valence-electron chi connectivity index (χ1n) is 11.9. The second-order valence-corrected chi connectivity index (χ2v) is 8.15. The standard InChI is InChI=1S/C26H42O4/c1-5-7-9-11-13-15-17-21-19-20-22(18-16-14-12-10-8-6-2)24(26(28)30-4)23(21)25(27)29-3/h19-20H,5-18H2,1-4H3. The molecule has 1 aromatic carbocycles. The van der Waals surface area contributed by atoms with E-state index in [2.05, 4.69) is 13.8 Å². The number of unbranched alkanes of at least 4 members (excludes halogenated alkanes) is 10. The molecule has 0 aromatic heterocycles. The Morgan fingerprint density at radius 3 is 1.27 bits per heavy atom. The molecule has 0 amide bonds. The summed E-state index contributed by atoms with van der Waals surface area (Å²) in [5.74, 6) is -0.887. The number of carbonyl (C=O) groups is 2. The van der Waals surface area contributed by atoms with E-state index in [1.54, 1.807) is 0 Å². The predicted octanol–water partition coefficient (Wildman–Crippen LogP) is 7.07. The molecule has 1 aromatic rings. The van der Waals surface area contributed by atoms with E-state index in [9.17, 15) is 9.59 Å². The van der Waals surface area contributed by atoms with Crippen molar-refractivity contribution in [2.24, 2.45) is 0 Å². The molecule has 0 spiro atoms. The molecular weight excluding hydrogens is 376 g/mol. The normalized spacial score (nSPS) is 10.8. The second kappa shape index (κ2) is 15.9. The van der Waals surface area contributed by atoms with Crippen molar-refractivity contribution in [1.82, 2.24) is 0 Å². The fraction of sp³-hybridized carbons (Fsp3) is 0.692. The molecule has 0 aliphatic carbocycles. The van der Waals surface area contributed by atoms with Crippen LogP contribution in [0.3, 0.4) is 0 Å². The molecule has 30 heavy (non-hydrogen) atoms. The Morgan fingerprint density at radius 1 is 0.600 bits per heavy atom. The fourth-order valence-corrected chi connectivity index (χ4v) is 3.97. The Balaban J connectivity index is 2.96. The first kappa shape index (κ1) is 26.2. The van der Waals surface area contributed by atoms with Crippen LogP contribution in [-0.4, -0.2) is 26.2 Å². The van der Waals surface area contributed by atoms with Gasteiger partial charge in [-0.05, 0) is 36.8 Å². The molecule has 0 aliphatic heterocycles. The minimum atomic E-state index is -0.443. The quantitative estimate of drug-likeness (QED) is 0.213. The number of ether oxygens (including phenoxy) is 2. The maximum absolute atomic E-state index is 12.6. The first-order chi connectivity index (χ1) is 14.6. The lowest BCUT2D eigenvalue weighted by molar-refractivity contribution is 0.0553. The van der Waals surface area contributed by atoms with E-state index in [0.717, 1.165) is 49.7 Å². The van der Waals surface area contributed by atoms with Crippen LogP contribution in [0.15, 0.2) is 12.1 Å². The highest BCUT2D eigenvalue weighted by molar-refractivity contribution is 6.05. The third-order valence-electron chi connectivity index (χ3n) is 5.76. The number of rotatable bonds is 16. The molecule has 0 saturated carbocycles. The summed E-state index contributed by atoms with van der Waals surface area (Å²) in [7, 11) is 2.75. The van der Waals surface area contributed by atoms with Gasteiger partial charge in [-0.1, -0.05) is 90.2 Å². The fourth-order valence-electron chi connectivity index (χ4n) is 3.97. The average Bonchev–Trinajstić information content (AvgIpc) is 2.77. The van der Waals surface area contributed by atoms with Crippen molar-refractivity contribution in [3.8, 4) is 0 Å². The molecule has 4 heteroatoms. The highest BCUT2D eigenvalue weighted by Gasteiger charge is 2.25. The monoisotopic (exact) mass is 418 g/mol. The Kier molecular flexibility index (Phi) is 13.9. The van der Waals surface area contributed by atoms with Crippen molar-refractivity contribution in [3.05, 3.63) is 34.4 Å². The average molecular weight is 419 g/mol. The zero-order valence-corrected chi connectivity index (χ0v) is 19.7. The van der Waals surface area contributed by atoms with Crippen LogP contribution in [0, 0.1) is 0 Å². The van der Waals surface area contributed by atoms with Gasteiger partial charge in [-0.25, -0.2) is 9.59 Å². The van der Waals surface area contributed by atoms with Gasteiger partial charge in [0.05, 0.1) is 25.3 Å². The maximum atomic E-state index is 12.6. The van der Waals surface area contributed by atoms with E-state index in [-0.39, 0.29) is 0 Å². The van der Waals surface area contributed by atoms with Gasteiger partial charge in [0.15, 0.2) is 0 Å². The van der Waals surface area contributed by atoms with E-state index < -0.39 is 11.9 Å². The third kappa shape index (κ3) is 8.89. The Labute approximate surface area is 183 Å². The van der Waals surface area contributed by atoms with Gasteiger partial charge >= 0.3 is 11.9 Å². The number of aryl methyl sites for hydroxylation is 2. The molecule has 0 fully saturated rings. The van der Waals surface area contributed by atoms with Crippen molar-refractivity contribution >= 4 is 11.9 Å². The lowest BCUT2D eigenvalue weighted by atomic mass is 9.90. The predicted molar refractivity (Wildman–Crippen MR) is 123 cm³/mol. The summed E-state index contributed by atoms with van der Waals surface area (Å²) in [6, 6.07) is 4.02. The molecule has 1 rings (SSSR count). The Morgan fingerprint density at radius 2 is 0.933 bits per heavy atom. The number of hydrogen-bond donors (Lipinski definition) is 0. The summed E-state index contributed by atoms with van der Waals surface area (Å²) in [6.07, 6.45) is 15.8. The van der Waals surface area contributed by atoms with Gasteiger partial charge in [0.25, 0.3) is 0 Å². The van der Waals surface area contributed by atoms with Crippen LogP contribution >= 0.6 is 0 Å². The lowest BCUT2D eigenvalue weighted by Gasteiger charge is -2.16. The van der Waals surface area contributed by atoms with Crippen molar-refractivity contribution in [2.45, 2.75) is 104 Å². The van der Waals surface area contributed by atoms with E-state index in [1.807, 2.05) is 12.1 Å². The summed E-state index contributed by atoms with van der Waals surface area (Å²) >= 11 is 0. The van der Waals surface area contributed by atoms with Gasteiger partial charge in [-0.3, -0.25) is 0 Å². The molecule has 0 bridgehead atoms. The van der Waals surface area contributed by atoms with E-state index in [1.165, 1.54) is 65.6 Å². The van der Waals surface area contributed by atoms with Crippen molar-refractivity contribution in [3.63, 3.8) is 0 Å². The van der Waals surface area contributed by atoms with Crippen LogP contribution in [0.4, 0.5) is 0 Å². The van der Waals surface area contributed by atoms with Gasteiger partial charge in [-0.15, -0.1) is 0 Å². The number of hydrogen-bond acceptors (Lipinski definition) is 4. The molecule has 170 valence electrons. The van der Waals surface area contributed by atoms with Gasteiger partial charge in [0, 0.05) is 0 Å². The minimum Gasteiger partial charge on any atom is -0.465 e. The molecule has 0 N–H and O–H groups in total. The van der Waals surface area contributed by atoms with E-state index >= 15 is 0 Å². The summed E-state index contributed by atoms with van der Waals surface area (Å²) < 4.78 is 10.1. The van der Waals surface area contributed by atoms with Crippen LogP contribution in [-0.2, 0) is 22.3 Å². The molecule has 0 saturated heterocycles. The Hall–Kier alpha value is -1.84. The molecule has 4 nitrogen and oxygen atoms in total. The molecule has 0 atom stereocenters. The zero-order valence-electron chi connectivity index (χ0n) is 19.7. The lowest BCUT2D eigenvalue weighted by Crippen LogP contribution is -2.17. The van der Waals surface area contributed by atoms with Gasteiger partial charge in [0.2, 0.25) is 0 Å². The maximum Gasteiger partial charge on any atom is 0.339 e. The van der Waals surface area contributed by atoms with Crippen LogP contribution in [0.25, 0.3) is 0 Å². The van der Waals surface area contributed by atoms with E-state index in [0.29, 0.717) is 11.1 Å². The van der Waals surface area contributed by atoms with Crippen molar-refractivity contribution in [1.29, 1.82) is 0 Å². The molecule has 0 radical (unpaired) electrons. The first-order valence-corrected chi connectivity index (χ1v) is 11.9. The highest BCUT2D eigenvalue weighted by atomic mass is 16.5. The minimum absolute atomic E-state index is 0.404. The largest absolute Gasteiger partial charge is 0.465 e. The van der Waals surface area contributed by atoms with Gasteiger partial charge < -0.3 is 9.47 Å². The number of benzene rings is 1. The van der Waals surface area contributed by atoms with Crippen LogP contribution in [0.1, 0.15) is 123 Å². The van der Waals surface area contributed by atoms with Crippen LogP contribution in [0.2, 0.25) is 0 Å². The molecule has 0 heterocycles. The van der Waals surface area contributed by atoms with Gasteiger partial charge in [-0.2, -0.15) is 0 Å². The Bertz CT molecular complexity index is 581. The molecule has 0 unspecified atom stereocenters. The van der Waals surface area contributed by atoms with Crippen molar-refractivity contribution < 1.29 is 19.1 Å². The topological polar surface area (TPSA) is 52.6 Å². The summed E-state index contributed by atoms with van der Waals surface area (Å²) in [4.78, 5) is 25.2. The highest BCUT2D eigenvalue weighted by Crippen LogP contribution is 2.25. The van der Waals surface area contributed by atoms with Crippen LogP contribution in [0.5, 0.6) is 0 Å². The zero-order chi connectivity index (χ0) is 22.2. The number of esters is 2. The molecular formula is C26H42O4. The summed E-state index contributed by atoms with van der Waals surface area (Å²) in [6.45, 7) is 4.42. The number of methoxy groups -OCH3 is 2. The molecule has 0 aliphatic rings. The van der Waals surface area contributed by atoms with Gasteiger partial charge in [0.1, 0.15) is 0 Å². The van der Waals surface area contributed by atoms with Crippen molar-refractivity contribution in [2.75, 3.05) is 14.2 Å². The number of carbonyl (C=O) groups excluding carboxylic acids is 2. The van der Waals surface area contributed by atoms with Crippen LogP contribution < -0.4 is 0 Å².